The average molecular weight is 188 g/mol. The molecule has 0 unspecified atom stereocenters. The van der Waals surface area contributed by atoms with Crippen LogP contribution in [-0.2, 0) is 4.74 Å². The third kappa shape index (κ3) is 5.21. The molecule has 1 saturated heterocycles. The van der Waals surface area contributed by atoms with Crippen LogP contribution in [0, 0.1) is 0 Å². The minimum absolute atomic E-state index is 0.246. The van der Waals surface area contributed by atoms with E-state index in [0.29, 0.717) is 6.54 Å². The summed E-state index contributed by atoms with van der Waals surface area (Å²) in [6, 6.07) is 0. The van der Waals surface area contributed by atoms with E-state index in [1.165, 1.54) is 0 Å². The summed E-state index contributed by atoms with van der Waals surface area (Å²) in [6.45, 7) is 8.27. The molecule has 0 aromatic heterocycles. The van der Waals surface area contributed by atoms with Crippen molar-refractivity contribution in [3.8, 4) is 0 Å². The van der Waals surface area contributed by atoms with Gasteiger partial charge in [0, 0.05) is 32.7 Å². The zero-order valence-corrected chi connectivity index (χ0v) is 8.33. The highest BCUT2D eigenvalue weighted by Crippen LogP contribution is 1.94. The molecule has 0 aliphatic carbocycles. The van der Waals surface area contributed by atoms with Crippen molar-refractivity contribution in [2.45, 2.75) is 13.0 Å². The van der Waals surface area contributed by atoms with Crippen molar-refractivity contribution in [1.29, 1.82) is 0 Å². The second kappa shape index (κ2) is 6.32. The summed E-state index contributed by atoms with van der Waals surface area (Å²) in [4.78, 5) is 2.37. The molecule has 0 bridgehead atoms. The van der Waals surface area contributed by atoms with Crippen molar-refractivity contribution in [2.75, 3.05) is 45.9 Å². The molecule has 1 heterocycles. The fourth-order valence-electron chi connectivity index (χ4n) is 1.37. The van der Waals surface area contributed by atoms with E-state index in [-0.39, 0.29) is 6.10 Å². The van der Waals surface area contributed by atoms with E-state index < -0.39 is 0 Å². The standard InChI is InChI=1S/C9H20N2O2/c1-9(12)8-10-2-3-11-4-6-13-7-5-11/h9-10,12H,2-8H2,1H3/t9-/m0/s1. The van der Waals surface area contributed by atoms with Gasteiger partial charge in [0.05, 0.1) is 19.3 Å². The molecule has 1 aliphatic rings. The third-order valence-corrected chi connectivity index (χ3v) is 2.15. The average Bonchev–Trinajstić information content (AvgIpc) is 2.14. The summed E-state index contributed by atoms with van der Waals surface area (Å²) in [7, 11) is 0. The molecule has 13 heavy (non-hydrogen) atoms. The van der Waals surface area contributed by atoms with Crippen molar-refractivity contribution in [2.24, 2.45) is 0 Å². The monoisotopic (exact) mass is 188 g/mol. The van der Waals surface area contributed by atoms with Gasteiger partial charge in [0.15, 0.2) is 0 Å². The van der Waals surface area contributed by atoms with Crippen LogP contribution >= 0.6 is 0 Å². The van der Waals surface area contributed by atoms with Gasteiger partial charge in [-0.25, -0.2) is 0 Å². The number of hydrogen-bond acceptors (Lipinski definition) is 4. The minimum Gasteiger partial charge on any atom is -0.392 e. The number of morpholine rings is 1. The van der Waals surface area contributed by atoms with Crippen molar-refractivity contribution < 1.29 is 9.84 Å². The number of ether oxygens (including phenoxy) is 1. The Bertz CT molecular complexity index is 125. The maximum Gasteiger partial charge on any atom is 0.0636 e. The maximum absolute atomic E-state index is 8.99. The van der Waals surface area contributed by atoms with Crippen molar-refractivity contribution >= 4 is 0 Å². The molecular formula is C9H20N2O2. The Morgan fingerprint density at radius 2 is 2.15 bits per heavy atom. The molecule has 0 aromatic carbocycles. The van der Waals surface area contributed by atoms with E-state index in [1.807, 2.05) is 0 Å². The first-order valence-corrected chi connectivity index (χ1v) is 4.98. The molecule has 0 spiro atoms. The zero-order valence-electron chi connectivity index (χ0n) is 8.33. The molecule has 1 fully saturated rings. The third-order valence-electron chi connectivity index (χ3n) is 2.15. The van der Waals surface area contributed by atoms with Gasteiger partial charge < -0.3 is 15.2 Å². The van der Waals surface area contributed by atoms with Gasteiger partial charge in [-0.2, -0.15) is 0 Å². The molecule has 0 radical (unpaired) electrons. The molecular weight excluding hydrogens is 168 g/mol. The van der Waals surface area contributed by atoms with E-state index >= 15 is 0 Å². The summed E-state index contributed by atoms with van der Waals surface area (Å²) in [5.41, 5.74) is 0. The zero-order chi connectivity index (χ0) is 9.52. The topological polar surface area (TPSA) is 44.7 Å². The normalized spacial score (nSPS) is 21.7. The van der Waals surface area contributed by atoms with Crippen molar-refractivity contribution in [3.05, 3.63) is 0 Å². The number of nitrogens with zero attached hydrogens (tertiary/aromatic N) is 1. The van der Waals surface area contributed by atoms with Gasteiger partial charge in [-0.15, -0.1) is 0 Å². The fourth-order valence-corrected chi connectivity index (χ4v) is 1.37. The molecule has 0 amide bonds. The van der Waals surface area contributed by atoms with Crippen LogP contribution in [0.15, 0.2) is 0 Å². The maximum atomic E-state index is 8.99. The van der Waals surface area contributed by atoms with Crippen LogP contribution < -0.4 is 5.32 Å². The van der Waals surface area contributed by atoms with Gasteiger partial charge >= 0.3 is 0 Å². The number of rotatable bonds is 5. The van der Waals surface area contributed by atoms with Gasteiger partial charge in [0.1, 0.15) is 0 Å². The van der Waals surface area contributed by atoms with Gasteiger partial charge in [0.25, 0.3) is 0 Å². The van der Waals surface area contributed by atoms with Crippen LogP contribution in [0.25, 0.3) is 0 Å². The van der Waals surface area contributed by atoms with E-state index in [4.69, 9.17) is 9.84 Å². The second-order valence-corrected chi connectivity index (χ2v) is 3.51. The quantitative estimate of drug-likeness (QED) is 0.559. The second-order valence-electron chi connectivity index (χ2n) is 3.51. The number of hydrogen-bond donors (Lipinski definition) is 2. The molecule has 1 rings (SSSR count). The van der Waals surface area contributed by atoms with Crippen LogP contribution in [-0.4, -0.2) is 62.0 Å². The number of nitrogens with one attached hydrogen (secondary N) is 1. The summed E-state index contributed by atoms with van der Waals surface area (Å²) in [5.74, 6) is 0. The number of aliphatic hydroxyl groups excluding tert-OH is 1. The lowest BCUT2D eigenvalue weighted by Gasteiger charge is -2.26. The van der Waals surface area contributed by atoms with Gasteiger partial charge in [-0.1, -0.05) is 0 Å². The van der Waals surface area contributed by atoms with Crippen molar-refractivity contribution in [3.63, 3.8) is 0 Å². The van der Waals surface area contributed by atoms with Crippen LogP contribution in [0.1, 0.15) is 6.92 Å². The lowest BCUT2D eigenvalue weighted by Crippen LogP contribution is -2.41. The molecule has 4 heteroatoms. The van der Waals surface area contributed by atoms with E-state index in [9.17, 15) is 0 Å². The highest BCUT2D eigenvalue weighted by molar-refractivity contribution is 4.63. The van der Waals surface area contributed by atoms with Gasteiger partial charge in [-0.05, 0) is 6.92 Å². The van der Waals surface area contributed by atoms with Gasteiger partial charge in [-0.3, -0.25) is 4.90 Å². The lowest BCUT2D eigenvalue weighted by molar-refractivity contribution is 0.0381. The van der Waals surface area contributed by atoms with Crippen molar-refractivity contribution in [1.82, 2.24) is 10.2 Å². The fraction of sp³-hybridized carbons (Fsp3) is 1.00. The number of aliphatic hydroxyl groups is 1. The van der Waals surface area contributed by atoms with Crippen LogP contribution in [0.3, 0.4) is 0 Å². The molecule has 1 atom stereocenters. The molecule has 2 N–H and O–H groups in total. The molecule has 4 nitrogen and oxygen atoms in total. The molecule has 78 valence electrons. The molecule has 0 saturated carbocycles. The van der Waals surface area contributed by atoms with Gasteiger partial charge in [0.2, 0.25) is 0 Å². The Labute approximate surface area is 79.9 Å². The summed E-state index contributed by atoms with van der Waals surface area (Å²) in [6.07, 6.45) is -0.246. The Morgan fingerprint density at radius 3 is 2.77 bits per heavy atom. The Kier molecular flexibility index (Phi) is 5.31. The smallest absolute Gasteiger partial charge is 0.0636 e. The Hall–Kier alpha value is -0.160. The summed E-state index contributed by atoms with van der Waals surface area (Å²) in [5, 5.41) is 12.2. The lowest BCUT2D eigenvalue weighted by atomic mass is 10.4. The Morgan fingerprint density at radius 1 is 1.46 bits per heavy atom. The molecule has 0 aromatic rings. The van der Waals surface area contributed by atoms with E-state index in [1.54, 1.807) is 6.92 Å². The predicted octanol–water partition coefficient (Wildman–Crippen LogP) is -0.711. The SMILES string of the molecule is C[C@H](O)CNCCN1CCOCC1. The summed E-state index contributed by atoms with van der Waals surface area (Å²) < 4.78 is 5.24. The molecule has 1 aliphatic heterocycles. The highest BCUT2D eigenvalue weighted by atomic mass is 16.5. The summed E-state index contributed by atoms with van der Waals surface area (Å²) >= 11 is 0. The first-order valence-electron chi connectivity index (χ1n) is 4.98. The van der Waals surface area contributed by atoms with E-state index in [2.05, 4.69) is 10.2 Å². The Balaban J connectivity index is 1.92. The first-order chi connectivity index (χ1) is 6.29. The predicted molar refractivity (Wildman–Crippen MR) is 51.8 cm³/mol. The first kappa shape index (κ1) is 10.9. The largest absolute Gasteiger partial charge is 0.392 e. The highest BCUT2D eigenvalue weighted by Gasteiger charge is 2.08. The van der Waals surface area contributed by atoms with Crippen LogP contribution in [0.4, 0.5) is 0 Å². The van der Waals surface area contributed by atoms with Crippen LogP contribution in [0.5, 0.6) is 0 Å². The van der Waals surface area contributed by atoms with E-state index in [0.717, 1.165) is 39.4 Å². The minimum atomic E-state index is -0.246. The van der Waals surface area contributed by atoms with Crippen LogP contribution in [0.2, 0.25) is 0 Å².